The Bertz CT molecular complexity index is 2980. The highest BCUT2D eigenvalue weighted by Crippen LogP contribution is 2.27. The molecule has 24 N–H and O–H groups in total. The number of hydrogen-bond acceptors (Lipinski definition) is 18. The van der Waals surface area contributed by atoms with E-state index in [0.29, 0.717) is 28.2 Å². The highest BCUT2D eigenvalue weighted by Gasteiger charge is 2.47. The molecule has 2 aliphatic rings. The van der Waals surface area contributed by atoms with Gasteiger partial charge in [-0.1, -0.05) is 42.5 Å². The maximum Gasteiger partial charge on any atom is 0.326 e. The highest BCUT2D eigenvalue weighted by atomic mass is 32.1. The van der Waals surface area contributed by atoms with E-state index < -0.39 is 133 Å². The summed E-state index contributed by atoms with van der Waals surface area (Å²) < 4.78 is 0. The van der Waals surface area contributed by atoms with Gasteiger partial charge in [-0.15, -0.1) is 22.7 Å². The van der Waals surface area contributed by atoms with Crippen LogP contribution in [0.2, 0.25) is 0 Å². The molecule has 10 atom stereocenters. The van der Waals surface area contributed by atoms with Crippen LogP contribution < -0.4 is 77.4 Å². The Hall–Kier alpha value is -8.99. The first kappa shape index (κ1) is 71.8. The lowest BCUT2D eigenvalue weighted by atomic mass is 10.0. The molecule has 3 aromatic rings. The molecular weight excluding hydrogens is 1210 g/mol. The monoisotopic (exact) mass is 1290 g/mol. The number of guanidine groups is 3. The third-order valence-corrected chi connectivity index (χ3v) is 16.4. The van der Waals surface area contributed by atoms with Crippen LogP contribution in [0.15, 0.2) is 80.3 Å². The van der Waals surface area contributed by atoms with Crippen molar-refractivity contribution in [1.29, 1.82) is 0 Å². The summed E-state index contributed by atoms with van der Waals surface area (Å²) in [5, 5.41) is 52.9. The molecule has 1 aromatic carbocycles. The van der Waals surface area contributed by atoms with Gasteiger partial charge in [0.2, 0.25) is 53.2 Å². The molecular formula is C56H83N19O13S2. The van der Waals surface area contributed by atoms with Gasteiger partial charge in [0.15, 0.2) is 17.9 Å². The number of carbonyl (C=O) groups excluding carboxylic acids is 9. The molecule has 90 heavy (non-hydrogen) atoms. The summed E-state index contributed by atoms with van der Waals surface area (Å²) in [6, 6.07) is 3.09. The van der Waals surface area contributed by atoms with Gasteiger partial charge in [0, 0.05) is 61.7 Å². The topological polar surface area (TPSA) is 541 Å². The van der Waals surface area contributed by atoms with E-state index in [2.05, 4.69) is 52.2 Å². The number of benzene rings is 1. The number of nitrogens with one attached hydrogen (secondary N) is 7. The van der Waals surface area contributed by atoms with Crippen molar-refractivity contribution in [3.05, 3.63) is 80.7 Å². The molecule has 0 radical (unpaired) electrons. The molecule has 32 nitrogen and oxygen atoms in total. The number of aliphatic carboxylic acids is 1. The predicted octanol–water partition coefficient (Wildman–Crippen LogP) is -5.62. The van der Waals surface area contributed by atoms with E-state index in [-0.39, 0.29) is 115 Å². The lowest BCUT2D eigenvalue weighted by Crippen LogP contribution is -2.60. The van der Waals surface area contributed by atoms with Gasteiger partial charge in [-0.25, -0.2) is 4.79 Å². The molecule has 0 spiro atoms. The molecule has 0 aliphatic carbocycles. The lowest BCUT2D eigenvalue weighted by molar-refractivity contribution is -0.149. The Labute approximate surface area is 527 Å². The zero-order valence-electron chi connectivity index (χ0n) is 49.6. The Morgan fingerprint density at radius 2 is 1.06 bits per heavy atom. The molecule has 9 amide bonds. The predicted molar refractivity (Wildman–Crippen MR) is 334 cm³/mol. The van der Waals surface area contributed by atoms with Crippen molar-refractivity contribution in [2.45, 2.75) is 138 Å². The fourth-order valence-electron chi connectivity index (χ4n) is 10.0. The van der Waals surface area contributed by atoms with Gasteiger partial charge in [0.05, 0.1) is 25.3 Å². The number of thiophene rings is 2. The number of aliphatic hydroxyl groups excluding tert-OH is 2. The van der Waals surface area contributed by atoms with Crippen LogP contribution in [0, 0.1) is 0 Å². The van der Waals surface area contributed by atoms with Crippen molar-refractivity contribution in [2.75, 3.05) is 45.9 Å². The summed E-state index contributed by atoms with van der Waals surface area (Å²) >= 11 is 2.52. The summed E-state index contributed by atoms with van der Waals surface area (Å²) in [6.45, 7) is -1.32. The van der Waals surface area contributed by atoms with Gasteiger partial charge in [0.25, 0.3) is 0 Å². The van der Waals surface area contributed by atoms with Crippen LogP contribution in [0.25, 0.3) is 0 Å². The van der Waals surface area contributed by atoms with Gasteiger partial charge in [-0.3, -0.25) is 58.1 Å². The maximum absolute atomic E-state index is 14.4. The SMILES string of the molecule is NC(N)=NCCC[C@@H](N)C(=O)N[C@@H](CCCN=C(N)N)C(=O)N1CCC[C@H]1C(=O)N1CC[C@H](O)[C@H]1C(=O)NCC(=O)N[C@@H](Cc1cccs1)C(=O)N[C@@H](CO)C(=O)N[C@H](Cc1ccccc1)C(=O)N[C@@H](Cc1cccs1)C(=O)N[C@@H](CCCN=C(N)N)C(=O)O. The number of hydrogen-bond donors (Lipinski definition) is 17. The number of aliphatic hydroxyl groups is 2. The minimum atomic E-state index is -1.73. The van der Waals surface area contributed by atoms with Crippen LogP contribution in [-0.2, 0) is 67.2 Å². The summed E-state index contributed by atoms with van der Waals surface area (Å²) in [5.74, 6) is -9.30. The number of carboxylic acid groups (broad SMARTS) is 1. The molecule has 0 unspecified atom stereocenters. The zero-order valence-corrected chi connectivity index (χ0v) is 51.2. The van der Waals surface area contributed by atoms with Crippen LogP contribution >= 0.6 is 22.7 Å². The van der Waals surface area contributed by atoms with Crippen molar-refractivity contribution in [3.8, 4) is 0 Å². The molecule has 4 heterocycles. The smallest absolute Gasteiger partial charge is 0.326 e. The Kier molecular flexibility index (Phi) is 29.1. The molecule has 492 valence electrons. The van der Waals surface area contributed by atoms with Gasteiger partial charge >= 0.3 is 5.97 Å². The summed E-state index contributed by atoms with van der Waals surface area (Å²) in [6.07, 6.45) is -0.220. The normalized spacial score (nSPS) is 17.5. The average molecular weight is 1290 g/mol. The number of amides is 9. The van der Waals surface area contributed by atoms with Gasteiger partial charge < -0.3 is 102 Å². The Morgan fingerprint density at radius 1 is 0.567 bits per heavy atom. The third kappa shape index (κ3) is 23.2. The van der Waals surface area contributed by atoms with Crippen LogP contribution in [0.3, 0.4) is 0 Å². The summed E-state index contributed by atoms with van der Waals surface area (Å²) in [7, 11) is 0. The highest BCUT2D eigenvalue weighted by molar-refractivity contribution is 7.10. The van der Waals surface area contributed by atoms with Gasteiger partial charge in [0.1, 0.15) is 48.3 Å². The number of likely N-dealkylation sites (tertiary alicyclic amines) is 2. The fraction of sp³-hybridized carbons (Fsp3) is 0.518. The number of nitrogens with zero attached hydrogens (tertiary/aromatic N) is 5. The zero-order chi connectivity index (χ0) is 65.9. The molecule has 0 saturated carbocycles. The second-order valence-electron chi connectivity index (χ2n) is 21.4. The number of rotatable bonds is 36. The number of nitrogens with two attached hydrogens (primary N) is 7. The Balaban J connectivity index is 1.26. The average Bonchev–Trinajstić information content (AvgIpc) is 1.80. The van der Waals surface area contributed by atoms with E-state index >= 15 is 0 Å². The minimum Gasteiger partial charge on any atom is -0.480 e. The minimum absolute atomic E-state index is 0.0335. The quantitative estimate of drug-likeness (QED) is 0.0147. The molecule has 2 saturated heterocycles. The van der Waals surface area contributed by atoms with Crippen LogP contribution in [0.4, 0.5) is 0 Å². The molecule has 34 heteroatoms. The number of carbonyl (C=O) groups is 10. The summed E-state index contributed by atoms with van der Waals surface area (Å²) in [4.78, 5) is 154. The maximum atomic E-state index is 14.4. The van der Waals surface area contributed by atoms with E-state index in [1.807, 2.05) is 0 Å². The number of aliphatic imine (C=N–C) groups is 3. The summed E-state index contributed by atoms with van der Waals surface area (Å²) in [5.41, 5.74) is 39.2. The second kappa shape index (κ2) is 36.5. The number of carboxylic acids is 1. The first-order valence-electron chi connectivity index (χ1n) is 29.2. The largest absolute Gasteiger partial charge is 0.480 e. The molecule has 0 bridgehead atoms. The first-order valence-corrected chi connectivity index (χ1v) is 30.9. The van der Waals surface area contributed by atoms with Crippen molar-refractivity contribution in [2.24, 2.45) is 55.1 Å². The van der Waals surface area contributed by atoms with E-state index in [1.54, 1.807) is 65.4 Å². The fourth-order valence-corrected chi connectivity index (χ4v) is 11.5. The van der Waals surface area contributed by atoms with Crippen molar-refractivity contribution >= 4 is 99.7 Å². The van der Waals surface area contributed by atoms with E-state index in [4.69, 9.17) is 40.1 Å². The van der Waals surface area contributed by atoms with E-state index in [0.717, 1.165) is 4.90 Å². The Morgan fingerprint density at radius 3 is 1.58 bits per heavy atom. The van der Waals surface area contributed by atoms with Gasteiger partial charge in [-0.05, 0) is 86.2 Å². The first-order chi connectivity index (χ1) is 42.9. The molecule has 2 fully saturated rings. The second-order valence-corrected chi connectivity index (χ2v) is 23.5. The van der Waals surface area contributed by atoms with Crippen LogP contribution in [0.1, 0.15) is 73.1 Å². The standard InChI is InChI=1S/C56H83N19O13S2/c57-34(14-4-19-64-54(58)59)45(79)69-35(15-5-20-65-55(60)61)51(85)74-22-7-17-41(74)52(86)75-23-18-42(77)44(75)50(84)67-29-43(78)68-38(27-32-12-8-24-89-32)47(81)73-40(30-76)49(83)71-37(26-31-10-2-1-3-11-31)46(80)72-39(28-33-13-9-25-90-33)48(82)70-36(53(87)88)16-6-21-66-56(62)63/h1-3,8-13,24-25,34-42,44,76-77H,4-7,14-23,26-30,57H2,(H,67,84)(H,68,78)(H,69,79)(H,70,82)(H,71,83)(H,72,80)(H,73,81)(H,87,88)(H4,58,59,64)(H4,60,61,65)(H4,62,63,66)/t34-,35+,36+,37-,38+,39+,40+,41+,42+,44+/m1/s1. The van der Waals surface area contributed by atoms with Crippen molar-refractivity contribution < 1.29 is 63.3 Å². The third-order valence-electron chi connectivity index (χ3n) is 14.6. The van der Waals surface area contributed by atoms with Gasteiger partial charge in [-0.2, -0.15) is 0 Å². The van der Waals surface area contributed by atoms with E-state index in [1.165, 1.54) is 27.6 Å². The van der Waals surface area contributed by atoms with Crippen molar-refractivity contribution in [1.82, 2.24) is 47.0 Å². The van der Waals surface area contributed by atoms with E-state index in [9.17, 15) is 63.3 Å². The molecule has 2 aromatic heterocycles. The lowest BCUT2D eigenvalue weighted by Gasteiger charge is -2.33. The molecule has 5 rings (SSSR count). The molecule has 2 aliphatic heterocycles. The van der Waals surface area contributed by atoms with Crippen LogP contribution in [-0.4, -0.2) is 208 Å². The van der Waals surface area contributed by atoms with Crippen molar-refractivity contribution in [3.63, 3.8) is 0 Å². The van der Waals surface area contributed by atoms with Crippen LogP contribution in [0.5, 0.6) is 0 Å².